The van der Waals surface area contributed by atoms with Crippen LogP contribution in [-0.2, 0) is 9.59 Å². The van der Waals surface area contributed by atoms with Crippen LogP contribution in [-0.4, -0.2) is 36.2 Å². The number of carbonyl (C=O) groups is 2. The quantitative estimate of drug-likeness (QED) is 0.316. The van der Waals surface area contributed by atoms with Gasteiger partial charge in [0.15, 0.2) is 17.3 Å². The zero-order chi connectivity index (χ0) is 23.0. The molecule has 1 aromatic heterocycles. The predicted molar refractivity (Wildman–Crippen MR) is 120 cm³/mol. The summed E-state index contributed by atoms with van der Waals surface area (Å²) in [4.78, 5) is 27.4. The second-order valence-corrected chi connectivity index (χ2v) is 8.00. The number of nitrogens with zero attached hydrogens (tertiary/aromatic N) is 2. The first-order valence-corrected chi connectivity index (χ1v) is 10.4. The molecule has 1 saturated heterocycles. The number of hydrogen-bond donors (Lipinski definition) is 1. The first-order valence-electron chi connectivity index (χ1n) is 9.58. The third-order valence-corrected chi connectivity index (χ3v) is 5.68. The zero-order valence-corrected chi connectivity index (χ0v) is 19.0. The normalized spacial score (nSPS) is 17.6. The molecule has 1 aliphatic heterocycles. The number of hydrogen-bond acceptors (Lipinski definition) is 7. The molecule has 0 bridgehead atoms. The lowest BCUT2D eigenvalue weighted by atomic mass is 9.95. The van der Waals surface area contributed by atoms with E-state index in [-0.39, 0.29) is 17.2 Å². The first kappa shape index (κ1) is 21.6. The number of Topliss-reactive ketones (excluding diaryl/α,β-unsaturated/α-hetero) is 1. The number of halogens is 1. The minimum absolute atomic E-state index is 0.0646. The van der Waals surface area contributed by atoms with Gasteiger partial charge in [0, 0.05) is 16.1 Å². The van der Waals surface area contributed by atoms with E-state index in [2.05, 4.69) is 21.1 Å². The van der Waals surface area contributed by atoms with Crippen LogP contribution in [0.2, 0.25) is 0 Å². The molecule has 2 heterocycles. The molecular formula is C23H19BrN2O6. The molecule has 1 N–H and O–H groups in total. The molecule has 1 fully saturated rings. The highest BCUT2D eigenvalue weighted by Gasteiger charge is 2.48. The summed E-state index contributed by atoms with van der Waals surface area (Å²) in [5.74, 6) is -0.468. The molecular weight excluding hydrogens is 480 g/mol. The maximum atomic E-state index is 13.1. The smallest absolute Gasteiger partial charge is 0.301 e. The second kappa shape index (κ2) is 8.51. The fourth-order valence-electron chi connectivity index (χ4n) is 3.64. The van der Waals surface area contributed by atoms with Gasteiger partial charge in [-0.15, -0.1) is 0 Å². The number of benzene rings is 2. The van der Waals surface area contributed by atoms with E-state index in [1.807, 2.05) is 0 Å². The van der Waals surface area contributed by atoms with Gasteiger partial charge in [-0.1, -0.05) is 33.2 Å². The summed E-state index contributed by atoms with van der Waals surface area (Å²) < 4.78 is 16.5. The van der Waals surface area contributed by atoms with Crippen LogP contribution in [0.25, 0.3) is 5.76 Å². The van der Waals surface area contributed by atoms with Crippen molar-refractivity contribution in [3.8, 4) is 11.5 Å². The van der Waals surface area contributed by atoms with Crippen molar-refractivity contribution in [3.05, 3.63) is 75.5 Å². The summed E-state index contributed by atoms with van der Waals surface area (Å²) >= 11 is 3.39. The van der Waals surface area contributed by atoms with Crippen LogP contribution in [0, 0.1) is 6.92 Å². The number of carbonyl (C=O) groups excluding carboxylic acids is 2. The first-order chi connectivity index (χ1) is 15.3. The number of methoxy groups -OCH3 is 2. The van der Waals surface area contributed by atoms with E-state index in [4.69, 9.17) is 14.0 Å². The molecule has 1 atom stereocenters. The molecule has 0 spiro atoms. The summed E-state index contributed by atoms with van der Waals surface area (Å²) in [6.45, 7) is 1.69. The second-order valence-electron chi connectivity index (χ2n) is 7.09. The molecule has 4 rings (SSSR count). The van der Waals surface area contributed by atoms with Gasteiger partial charge < -0.3 is 19.1 Å². The Bertz CT molecular complexity index is 1230. The van der Waals surface area contributed by atoms with Crippen LogP contribution in [0.1, 0.15) is 22.9 Å². The average Bonchev–Trinajstić information content (AvgIpc) is 3.34. The van der Waals surface area contributed by atoms with Gasteiger partial charge in [0.05, 0.1) is 25.8 Å². The van der Waals surface area contributed by atoms with Crippen molar-refractivity contribution < 1.29 is 28.7 Å². The van der Waals surface area contributed by atoms with Crippen LogP contribution >= 0.6 is 15.9 Å². The summed E-state index contributed by atoms with van der Waals surface area (Å²) in [6, 6.07) is 12.5. The fourth-order valence-corrected chi connectivity index (χ4v) is 3.90. The van der Waals surface area contributed by atoms with E-state index in [9.17, 15) is 14.7 Å². The molecule has 0 radical (unpaired) electrons. The molecule has 32 heavy (non-hydrogen) atoms. The molecule has 1 aliphatic rings. The standard InChI is InChI=1S/C23H19BrN2O6/c1-12-10-18(25-32-12)26-20(13-4-7-15(24)8-5-13)19(22(28)23(26)29)21(27)14-6-9-16(30-2)17(11-14)31-3/h4-11,20,27H,1-3H3/t20-/m1/s1. The minimum Gasteiger partial charge on any atom is -0.507 e. The summed E-state index contributed by atoms with van der Waals surface area (Å²) in [7, 11) is 2.96. The van der Waals surface area contributed by atoms with E-state index < -0.39 is 17.7 Å². The van der Waals surface area contributed by atoms with Crippen molar-refractivity contribution >= 4 is 39.2 Å². The van der Waals surface area contributed by atoms with Crippen LogP contribution in [0.15, 0.2) is 63.1 Å². The molecule has 0 aliphatic carbocycles. The van der Waals surface area contributed by atoms with Gasteiger partial charge in [-0.3, -0.25) is 14.5 Å². The van der Waals surface area contributed by atoms with Crippen LogP contribution < -0.4 is 14.4 Å². The van der Waals surface area contributed by atoms with Crippen molar-refractivity contribution in [2.45, 2.75) is 13.0 Å². The number of aromatic nitrogens is 1. The third kappa shape index (κ3) is 3.64. The van der Waals surface area contributed by atoms with E-state index in [1.54, 1.807) is 55.5 Å². The summed E-state index contributed by atoms with van der Waals surface area (Å²) in [5.41, 5.74) is 0.861. The number of anilines is 1. The van der Waals surface area contributed by atoms with Crippen LogP contribution in [0.5, 0.6) is 11.5 Å². The number of amides is 1. The molecule has 9 heteroatoms. The number of aliphatic hydroxyl groups excluding tert-OH is 1. The molecule has 0 saturated carbocycles. The molecule has 3 aromatic rings. The van der Waals surface area contributed by atoms with E-state index >= 15 is 0 Å². The maximum Gasteiger partial charge on any atom is 0.301 e. The topological polar surface area (TPSA) is 102 Å². The number of aryl methyl sites for hydroxylation is 1. The van der Waals surface area contributed by atoms with E-state index in [0.29, 0.717) is 28.4 Å². The van der Waals surface area contributed by atoms with Crippen molar-refractivity contribution in [1.29, 1.82) is 0 Å². The Hall–Kier alpha value is -3.59. The van der Waals surface area contributed by atoms with Crippen molar-refractivity contribution in [2.75, 3.05) is 19.1 Å². The lowest BCUT2D eigenvalue weighted by Gasteiger charge is -2.23. The summed E-state index contributed by atoms with van der Waals surface area (Å²) in [5, 5.41) is 15.1. The molecule has 164 valence electrons. The lowest BCUT2D eigenvalue weighted by molar-refractivity contribution is -0.132. The maximum absolute atomic E-state index is 13.1. The SMILES string of the molecule is COc1ccc(C(O)=C2C(=O)C(=O)N(c3cc(C)on3)[C@@H]2c2ccc(Br)cc2)cc1OC. The Morgan fingerprint density at radius 2 is 1.75 bits per heavy atom. The third-order valence-electron chi connectivity index (χ3n) is 5.15. The largest absolute Gasteiger partial charge is 0.507 e. The predicted octanol–water partition coefficient (Wildman–Crippen LogP) is 4.39. The summed E-state index contributed by atoms with van der Waals surface area (Å²) in [6.07, 6.45) is 0. The van der Waals surface area contributed by atoms with Gasteiger partial charge in [0.2, 0.25) is 0 Å². The molecule has 2 aromatic carbocycles. The highest BCUT2D eigenvalue weighted by atomic mass is 79.9. The Balaban J connectivity index is 1.93. The zero-order valence-electron chi connectivity index (χ0n) is 17.5. The Labute approximate surface area is 192 Å². The Morgan fingerprint density at radius 1 is 1.06 bits per heavy atom. The van der Waals surface area contributed by atoms with Gasteiger partial charge in [0.1, 0.15) is 11.5 Å². The van der Waals surface area contributed by atoms with E-state index in [0.717, 1.165) is 4.47 Å². The number of rotatable bonds is 5. The molecule has 0 unspecified atom stereocenters. The number of ether oxygens (including phenoxy) is 2. The van der Waals surface area contributed by atoms with Gasteiger partial charge in [-0.25, -0.2) is 0 Å². The molecule has 1 amide bonds. The van der Waals surface area contributed by atoms with Crippen LogP contribution in [0.3, 0.4) is 0 Å². The average molecular weight is 499 g/mol. The monoisotopic (exact) mass is 498 g/mol. The highest BCUT2D eigenvalue weighted by Crippen LogP contribution is 2.43. The van der Waals surface area contributed by atoms with Crippen molar-refractivity contribution in [1.82, 2.24) is 5.16 Å². The van der Waals surface area contributed by atoms with Gasteiger partial charge in [-0.05, 0) is 42.8 Å². The van der Waals surface area contributed by atoms with Crippen molar-refractivity contribution in [3.63, 3.8) is 0 Å². The minimum atomic E-state index is -0.902. The fraction of sp³-hybridized carbons (Fsp3) is 0.174. The van der Waals surface area contributed by atoms with Gasteiger partial charge in [-0.2, -0.15) is 0 Å². The Morgan fingerprint density at radius 3 is 2.34 bits per heavy atom. The molecule has 8 nitrogen and oxygen atoms in total. The lowest BCUT2D eigenvalue weighted by Crippen LogP contribution is -2.29. The van der Waals surface area contributed by atoms with Gasteiger partial charge >= 0.3 is 5.91 Å². The number of ketones is 1. The van der Waals surface area contributed by atoms with Crippen LogP contribution in [0.4, 0.5) is 5.82 Å². The highest BCUT2D eigenvalue weighted by molar-refractivity contribution is 9.10. The van der Waals surface area contributed by atoms with Crippen molar-refractivity contribution in [2.24, 2.45) is 0 Å². The van der Waals surface area contributed by atoms with Gasteiger partial charge in [0.25, 0.3) is 5.78 Å². The Kier molecular flexibility index (Phi) is 5.75. The van der Waals surface area contributed by atoms with E-state index in [1.165, 1.54) is 19.1 Å². The number of aliphatic hydroxyl groups is 1.